The summed E-state index contributed by atoms with van der Waals surface area (Å²) in [6, 6.07) is 24.7. The zero-order valence-electron chi connectivity index (χ0n) is 25.4. The van der Waals surface area contributed by atoms with Gasteiger partial charge >= 0.3 is 0 Å². The third kappa shape index (κ3) is 8.91. The van der Waals surface area contributed by atoms with Crippen LogP contribution in [0.5, 0.6) is 0 Å². The molecule has 3 heterocycles. The Kier molecular flexibility index (Phi) is 11.3. The van der Waals surface area contributed by atoms with Gasteiger partial charge in [0, 0.05) is 44.2 Å². The summed E-state index contributed by atoms with van der Waals surface area (Å²) in [4.78, 5) is 29.5. The number of piperidine rings is 2. The van der Waals surface area contributed by atoms with E-state index in [0.29, 0.717) is 24.8 Å². The van der Waals surface area contributed by atoms with Crippen molar-refractivity contribution in [3.8, 4) is 0 Å². The number of rotatable bonds is 7. The van der Waals surface area contributed by atoms with Crippen LogP contribution in [-0.2, 0) is 29.1 Å². The SMILES string of the molecule is Cc1ccc(Cl)cc1.O=C(NCCN1CCC(c2ccccc2CN2CCCCC2=O)CC1)C1Cc2ccccc2CN1. The molecule has 43 heavy (non-hydrogen) atoms. The van der Waals surface area contributed by atoms with Crippen molar-refractivity contribution in [1.29, 1.82) is 0 Å². The number of benzene rings is 3. The highest BCUT2D eigenvalue weighted by Gasteiger charge is 2.26. The van der Waals surface area contributed by atoms with E-state index in [0.717, 1.165) is 76.4 Å². The van der Waals surface area contributed by atoms with Crippen molar-refractivity contribution in [2.75, 3.05) is 32.7 Å². The van der Waals surface area contributed by atoms with Crippen LogP contribution in [-0.4, -0.2) is 60.4 Å². The van der Waals surface area contributed by atoms with Gasteiger partial charge in [0.05, 0.1) is 6.04 Å². The van der Waals surface area contributed by atoms with Gasteiger partial charge in [0.15, 0.2) is 0 Å². The van der Waals surface area contributed by atoms with Crippen molar-refractivity contribution >= 4 is 23.4 Å². The molecule has 7 heteroatoms. The highest BCUT2D eigenvalue weighted by molar-refractivity contribution is 6.30. The van der Waals surface area contributed by atoms with E-state index in [1.165, 1.54) is 27.8 Å². The second-order valence-electron chi connectivity index (χ2n) is 12.1. The molecule has 2 amide bonds. The molecule has 0 saturated carbocycles. The number of hydrogen-bond donors (Lipinski definition) is 2. The average molecular weight is 601 g/mol. The van der Waals surface area contributed by atoms with Crippen LogP contribution in [0.1, 0.15) is 65.8 Å². The fraction of sp³-hybridized carbons (Fsp3) is 0.444. The number of halogens is 1. The lowest BCUT2D eigenvalue weighted by Gasteiger charge is -2.34. The van der Waals surface area contributed by atoms with Gasteiger partial charge in [-0.3, -0.25) is 9.59 Å². The Bertz CT molecular complexity index is 1330. The minimum Gasteiger partial charge on any atom is -0.353 e. The van der Waals surface area contributed by atoms with E-state index in [9.17, 15) is 9.59 Å². The van der Waals surface area contributed by atoms with Gasteiger partial charge in [0.1, 0.15) is 0 Å². The Morgan fingerprint density at radius 2 is 1.65 bits per heavy atom. The molecule has 3 aromatic carbocycles. The molecule has 3 aliphatic rings. The molecule has 6 rings (SSSR count). The first-order valence-electron chi connectivity index (χ1n) is 15.8. The highest BCUT2D eigenvalue weighted by Crippen LogP contribution is 2.31. The van der Waals surface area contributed by atoms with Crippen molar-refractivity contribution in [2.45, 2.75) is 70.5 Å². The van der Waals surface area contributed by atoms with Crippen LogP contribution in [0.15, 0.2) is 72.8 Å². The monoisotopic (exact) mass is 600 g/mol. The van der Waals surface area contributed by atoms with E-state index in [4.69, 9.17) is 11.6 Å². The van der Waals surface area contributed by atoms with Crippen LogP contribution >= 0.6 is 11.6 Å². The molecule has 3 aliphatic heterocycles. The van der Waals surface area contributed by atoms with Gasteiger partial charge in [-0.25, -0.2) is 0 Å². The Morgan fingerprint density at radius 1 is 0.930 bits per heavy atom. The molecule has 2 saturated heterocycles. The van der Waals surface area contributed by atoms with E-state index >= 15 is 0 Å². The number of nitrogens with one attached hydrogen (secondary N) is 2. The lowest BCUT2D eigenvalue weighted by molar-refractivity contribution is -0.133. The predicted octanol–water partition coefficient (Wildman–Crippen LogP) is 5.86. The zero-order chi connectivity index (χ0) is 30.0. The third-order valence-electron chi connectivity index (χ3n) is 9.00. The summed E-state index contributed by atoms with van der Waals surface area (Å²) in [7, 11) is 0. The highest BCUT2D eigenvalue weighted by atomic mass is 35.5. The minimum atomic E-state index is -0.140. The van der Waals surface area contributed by atoms with Crippen molar-refractivity contribution in [2.24, 2.45) is 0 Å². The fourth-order valence-electron chi connectivity index (χ4n) is 6.41. The molecule has 0 spiro atoms. The summed E-state index contributed by atoms with van der Waals surface area (Å²) in [6.07, 6.45) is 5.85. The first kappa shape index (κ1) is 31.2. The molecule has 1 atom stereocenters. The fourth-order valence-corrected chi connectivity index (χ4v) is 6.54. The Balaban J connectivity index is 0.000000400. The molecule has 0 bridgehead atoms. The Morgan fingerprint density at radius 3 is 2.40 bits per heavy atom. The van der Waals surface area contributed by atoms with Crippen LogP contribution < -0.4 is 10.6 Å². The second kappa shape index (κ2) is 15.5. The van der Waals surface area contributed by atoms with Crippen LogP contribution in [0, 0.1) is 6.92 Å². The number of fused-ring (bicyclic) bond motifs is 1. The van der Waals surface area contributed by atoms with E-state index in [1.807, 2.05) is 42.2 Å². The van der Waals surface area contributed by atoms with Crippen LogP contribution in [0.25, 0.3) is 0 Å². The molecular formula is C36H45ClN4O2. The molecule has 6 nitrogen and oxygen atoms in total. The molecule has 0 aliphatic carbocycles. The van der Waals surface area contributed by atoms with Gasteiger partial charge in [0.25, 0.3) is 0 Å². The minimum absolute atomic E-state index is 0.107. The smallest absolute Gasteiger partial charge is 0.237 e. The molecule has 2 fully saturated rings. The largest absolute Gasteiger partial charge is 0.353 e. The lowest BCUT2D eigenvalue weighted by Crippen LogP contribution is -2.49. The molecular weight excluding hydrogens is 556 g/mol. The number of hydrogen-bond acceptors (Lipinski definition) is 4. The molecule has 0 aromatic heterocycles. The summed E-state index contributed by atoms with van der Waals surface area (Å²) in [5, 5.41) is 7.33. The van der Waals surface area contributed by atoms with Gasteiger partial charge in [-0.05, 0) is 92.4 Å². The van der Waals surface area contributed by atoms with Crippen molar-refractivity contribution < 1.29 is 9.59 Å². The van der Waals surface area contributed by atoms with Crippen LogP contribution in [0.2, 0.25) is 5.02 Å². The number of carbonyl (C=O) groups excluding carboxylic acids is 2. The molecule has 0 radical (unpaired) electrons. The summed E-state index contributed by atoms with van der Waals surface area (Å²) < 4.78 is 0. The van der Waals surface area contributed by atoms with Gasteiger partial charge in [-0.1, -0.05) is 77.8 Å². The number of amides is 2. The van der Waals surface area contributed by atoms with Gasteiger partial charge in [0.2, 0.25) is 11.8 Å². The van der Waals surface area contributed by atoms with E-state index in [-0.39, 0.29) is 11.9 Å². The first-order chi connectivity index (χ1) is 21.0. The van der Waals surface area contributed by atoms with Gasteiger partial charge in [-0.2, -0.15) is 0 Å². The average Bonchev–Trinajstić information content (AvgIpc) is 3.04. The predicted molar refractivity (Wildman–Crippen MR) is 174 cm³/mol. The molecule has 2 N–H and O–H groups in total. The van der Waals surface area contributed by atoms with Gasteiger partial charge < -0.3 is 20.4 Å². The van der Waals surface area contributed by atoms with E-state index in [2.05, 4.69) is 58.0 Å². The van der Waals surface area contributed by atoms with Crippen molar-refractivity contribution in [3.05, 3.63) is 106 Å². The topological polar surface area (TPSA) is 64.7 Å². The third-order valence-corrected chi connectivity index (χ3v) is 9.25. The zero-order valence-corrected chi connectivity index (χ0v) is 26.1. The second-order valence-corrected chi connectivity index (χ2v) is 12.5. The number of aryl methyl sites for hydroxylation is 1. The maximum atomic E-state index is 12.7. The van der Waals surface area contributed by atoms with Crippen LogP contribution in [0.4, 0.5) is 0 Å². The number of nitrogens with zero attached hydrogens (tertiary/aromatic N) is 2. The van der Waals surface area contributed by atoms with Crippen LogP contribution in [0.3, 0.4) is 0 Å². The Hall–Kier alpha value is -3.19. The maximum Gasteiger partial charge on any atom is 0.237 e. The summed E-state index contributed by atoms with van der Waals surface area (Å²) in [5.41, 5.74) is 6.55. The summed E-state index contributed by atoms with van der Waals surface area (Å²) in [5.74, 6) is 0.953. The van der Waals surface area contributed by atoms with E-state index in [1.54, 1.807) is 0 Å². The number of carbonyl (C=O) groups is 2. The van der Waals surface area contributed by atoms with Crippen molar-refractivity contribution in [1.82, 2.24) is 20.4 Å². The molecule has 228 valence electrons. The summed E-state index contributed by atoms with van der Waals surface area (Å²) >= 11 is 5.61. The quantitative estimate of drug-likeness (QED) is 0.357. The van der Waals surface area contributed by atoms with Gasteiger partial charge in [-0.15, -0.1) is 0 Å². The Labute approximate surface area is 261 Å². The molecule has 3 aromatic rings. The summed E-state index contributed by atoms with van der Waals surface area (Å²) in [6.45, 7) is 8.12. The number of likely N-dealkylation sites (tertiary alicyclic amines) is 2. The molecule has 1 unspecified atom stereocenters. The van der Waals surface area contributed by atoms with E-state index < -0.39 is 0 Å². The standard InChI is InChI=1S/C29H38N4O2.C7H7Cl/c34-28-11-5-6-15-33(28)21-25-9-3-4-10-26(25)22-12-16-32(17-13-22)18-14-30-29(35)27-19-23-7-1-2-8-24(23)20-31-27;1-6-2-4-7(8)5-3-6/h1-4,7-10,22,27,31H,5-6,11-21H2,(H,30,35);2-5H,1H3. The normalized spacial score (nSPS) is 19.3. The van der Waals surface area contributed by atoms with Crippen molar-refractivity contribution in [3.63, 3.8) is 0 Å². The lowest BCUT2D eigenvalue weighted by atomic mass is 9.86. The maximum absolute atomic E-state index is 12.7. The first-order valence-corrected chi connectivity index (χ1v) is 16.2.